The van der Waals surface area contributed by atoms with Crippen LogP contribution in [-0.4, -0.2) is 51.0 Å². The van der Waals surface area contributed by atoms with Gasteiger partial charge in [-0.15, -0.1) is 0 Å². The largest absolute Gasteiger partial charge is 3.00 e. The molecule has 0 spiro atoms. The van der Waals surface area contributed by atoms with Crippen LogP contribution >= 0.6 is 0 Å². The Morgan fingerprint density at radius 3 is 1.43 bits per heavy atom. The van der Waals surface area contributed by atoms with Gasteiger partial charge in [0.15, 0.2) is 0 Å². The molecule has 0 fully saturated rings. The molecule has 253 valence electrons. The van der Waals surface area contributed by atoms with E-state index in [1.165, 1.54) is 16.7 Å². The third-order valence-electron chi connectivity index (χ3n) is 4.58. The van der Waals surface area contributed by atoms with Crippen molar-refractivity contribution in [1.29, 1.82) is 0 Å². The number of aliphatic carboxylic acids is 4. The molecule has 10 nitrogen and oxygen atoms in total. The van der Waals surface area contributed by atoms with Gasteiger partial charge in [-0.25, -0.2) is 0 Å². The van der Waals surface area contributed by atoms with E-state index in [4.69, 9.17) is 26.5 Å². The number of carboxylic acids is 4. The first-order chi connectivity index (χ1) is 18.6. The molecule has 0 aliphatic rings. The molecule has 2 atom stereocenters. The summed E-state index contributed by atoms with van der Waals surface area (Å²) < 4.78 is 0. The Hall–Kier alpha value is -1.93. The second-order valence-electron chi connectivity index (χ2n) is 8.96. The summed E-state index contributed by atoms with van der Waals surface area (Å²) >= 11 is 0. The number of carbonyl (C=O) groups excluding carboxylic acids is 2. The summed E-state index contributed by atoms with van der Waals surface area (Å²) in [5.74, 6) is -4.02. The molecule has 1 radical (unpaired) electrons. The molecule has 0 aliphatic carbocycles. The topological polar surface area (TPSA) is 211 Å². The maximum absolute atomic E-state index is 9.90. The number of halogens is 2. The van der Waals surface area contributed by atoms with Crippen LogP contribution in [0.1, 0.15) is 76.0 Å². The van der Waals surface area contributed by atoms with Gasteiger partial charge in [-0.05, 0) is 31.2 Å². The van der Waals surface area contributed by atoms with Crippen LogP contribution in [0.25, 0.3) is 0 Å². The smallest absolute Gasteiger partial charge is 1.00 e. The average Bonchev–Trinajstić information content (AvgIpc) is 2.88. The van der Waals surface area contributed by atoms with Gasteiger partial charge in [0.1, 0.15) is 6.42 Å². The summed E-state index contributed by atoms with van der Waals surface area (Å²) in [6.45, 7) is 12.6. The fourth-order valence-electron chi connectivity index (χ4n) is 2.22. The first-order valence-corrected chi connectivity index (χ1v) is 12.7. The number of aliphatic hydroxyl groups excluding tert-OH is 1. The number of hydrogen-bond donors (Lipinski definition) is 4. The third-order valence-corrected chi connectivity index (χ3v) is 4.58. The van der Waals surface area contributed by atoms with Crippen LogP contribution in [0.15, 0.2) is 48.5 Å². The van der Waals surface area contributed by atoms with Crippen molar-refractivity contribution in [3.63, 3.8) is 0 Å². The fourth-order valence-corrected chi connectivity index (χ4v) is 2.22. The Bertz CT molecular complexity index is 937. The number of carboxylic acid groups (broad SMARTS) is 4. The minimum absolute atomic E-state index is 0. The van der Waals surface area contributed by atoms with Crippen molar-refractivity contribution in [2.75, 3.05) is 0 Å². The summed E-state index contributed by atoms with van der Waals surface area (Å²) in [7, 11) is 0. The quantitative estimate of drug-likeness (QED) is 0.110. The Morgan fingerprint density at radius 2 is 1.18 bits per heavy atom. The number of aryl methyl sites for hydroxylation is 2. The molecule has 0 amide bonds. The number of rotatable bonds is 9. The summed E-state index contributed by atoms with van der Waals surface area (Å²) in [5.41, 5.74) is 14.0. The molecular weight excluding hydrogens is 789 g/mol. The molecule has 0 saturated heterocycles. The molecule has 0 heterocycles. The zero-order valence-corrected chi connectivity index (χ0v) is 30.7. The van der Waals surface area contributed by atoms with Gasteiger partial charge in [-0.3, -0.25) is 4.79 Å². The molecule has 7 N–H and O–H groups in total. The van der Waals surface area contributed by atoms with E-state index >= 15 is 0 Å². The number of nitrogens with two attached hydrogens (primary N) is 2. The van der Waals surface area contributed by atoms with E-state index in [1.807, 2.05) is 44.5 Å². The molecule has 14 heteroatoms. The third kappa shape index (κ3) is 42.2. The van der Waals surface area contributed by atoms with Crippen LogP contribution in [0.5, 0.6) is 0 Å². The minimum Gasteiger partial charge on any atom is -1.00 e. The van der Waals surface area contributed by atoms with Crippen LogP contribution in [-0.2, 0) is 53.3 Å². The van der Waals surface area contributed by atoms with E-state index < -0.39 is 36.0 Å². The van der Waals surface area contributed by atoms with E-state index in [0.717, 1.165) is 0 Å². The van der Waals surface area contributed by atoms with Crippen molar-refractivity contribution in [3.05, 3.63) is 77.7 Å². The first kappa shape index (κ1) is 57.7. The molecular formula is C30H45Cl2N2O8Ru2. The zero-order chi connectivity index (χ0) is 31.7. The molecule has 0 saturated carbocycles. The maximum Gasteiger partial charge on any atom is 3.00 e. The van der Waals surface area contributed by atoms with Gasteiger partial charge in [0, 0.05) is 18.5 Å². The van der Waals surface area contributed by atoms with Crippen LogP contribution in [0, 0.1) is 26.3 Å². The molecule has 0 aromatic heterocycles. The van der Waals surface area contributed by atoms with Gasteiger partial charge in [-0.1, -0.05) is 50.6 Å². The van der Waals surface area contributed by atoms with Gasteiger partial charge in [0.2, 0.25) is 0 Å². The summed E-state index contributed by atoms with van der Waals surface area (Å²) in [5, 5.41) is 36.0. The number of carbonyl (C=O) groups is 3. The van der Waals surface area contributed by atoms with Gasteiger partial charge in [0.25, 0.3) is 0 Å². The Balaban J connectivity index is -0.0000000786. The van der Waals surface area contributed by atoms with Crippen molar-refractivity contribution in [2.45, 2.75) is 85.2 Å². The van der Waals surface area contributed by atoms with E-state index in [-0.39, 0.29) is 89.5 Å². The Morgan fingerprint density at radius 1 is 0.841 bits per heavy atom. The van der Waals surface area contributed by atoms with E-state index in [2.05, 4.69) is 58.0 Å². The first-order valence-electron chi connectivity index (χ1n) is 12.7. The van der Waals surface area contributed by atoms with E-state index in [0.29, 0.717) is 5.92 Å². The number of hydrogen-bond acceptors (Lipinski definition) is 7. The van der Waals surface area contributed by atoms with Crippen molar-refractivity contribution in [1.82, 2.24) is 0 Å². The zero-order valence-electron chi connectivity index (χ0n) is 25.8. The molecule has 0 unspecified atom stereocenters. The normalized spacial score (nSPS) is 9.84. The van der Waals surface area contributed by atoms with Crippen LogP contribution in [0.3, 0.4) is 0 Å². The molecule has 2 aromatic rings. The SMILES string of the molecule is C[CH-]C.Cc1cc[c-]cc1.Cc1ccc(C(C)C)cc1.N[C@@H](CCC(=O)O)C(=O)[O-].N[C@@H](CCC(O)=[OH+])C(=O)[O-].[Cl-].[Cl-].[Ru+2].[Ru+3]. The standard InChI is InChI=1S/C10H14.C7H7.2C5H9NO4.C3H7.2ClH.2Ru/c1-8(2)10-6-4-9(3)5-7-10;1-7-5-3-2-4-6-7;2*6-3(5(9)10)1-2-4(7)8;1-3-2;;;;/h4-8H,1-3H3;3-6H,1H3;2*3H,1-2,6H2,(H,7,8)(H,9,10);3H,1-2H3;2*1H;;/q;-1;;;-1;;;+2;+3/p-3/t;;2*3-;;;;;/m..00...../s1. The van der Waals surface area contributed by atoms with Gasteiger partial charge in [-0.2, -0.15) is 49.7 Å². The predicted molar refractivity (Wildman–Crippen MR) is 153 cm³/mol. The van der Waals surface area contributed by atoms with Crippen molar-refractivity contribution in [3.8, 4) is 0 Å². The molecule has 0 bridgehead atoms. The predicted octanol–water partition coefficient (Wildman–Crippen LogP) is -4.02. The summed E-state index contributed by atoms with van der Waals surface area (Å²) in [6, 6.07) is 17.2. The molecule has 2 rings (SSSR count). The second-order valence-corrected chi connectivity index (χ2v) is 8.96. The maximum atomic E-state index is 9.90. The van der Waals surface area contributed by atoms with Gasteiger partial charge >= 0.3 is 50.9 Å². The van der Waals surface area contributed by atoms with Crippen LogP contribution < -0.4 is 46.5 Å². The monoisotopic (exact) mass is 835 g/mol. The van der Waals surface area contributed by atoms with Crippen molar-refractivity contribution >= 4 is 23.9 Å². The molecule has 0 aliphatic heterocycles. The summed E-state index contributed by atoms with van der Waals surface area (Å²) in [6.07, 6.45) is 1.52. The summed E-state index contributed by atoms with van der Waals surface area (Å²) in [4.78, 5) is 37.8. The van der Waals surface area contributed by atoms with Crippen LogP contribution in [0.4, 0.5) is 0 Å². The van der Waals surface area contributed by atoms with E-state index in [1.54, 1.807) is 0 Å². The molecule has 44 heavy (non-hydrogen) atoms. The minimum atomic E-state index is -1.42. The van der Waals surface area contributed by atoms with Gasteiger partial charge in [0.05, 0.1) is 11.9 Å². The van der Waals surface area contributed by atoms with Crippen molar-refractivity contribution < 1.29 is 103 Å². The average molecular weight is 835 g/mol. The fraction of sp³-hybridized carbons (Fsp3) is 0.433. The number of benzene rings is 2. The second kappa shape index (κ2) is 37.3. The van der Waals surface area contributed by atoms with Gasteiger partial charge < -0.3 is 77.5 Å². The van der Waals surface area contributed by atoms with E-state index in [9.17, 15) is 24.6 Å². The Labute approximate surface area is 300 Å². The molecule has 2 aromatic carbocycles. The van der Waals surface area contributed by atoms with Crippen molar-refractivity contribution in [2.24, 2.45) is 11.5 Å². The Kier molecular flexibility index (Phi) is 48.8. The van der Waals surface area contributed by atoms with Crippen LogP contribution in [0.2, 0.25) is 0 Å².